The van der Waals surface area contributed by atoms with Crippen molar-refractivity contribution >= 4 is 17.3 Å². The summed E-state index contributed by atoms with van der Waals surface area (Å²) < 4.78 is 0. The molecule has 102 valence electrons. The summed E-state index contributed by atoms with van der Waals surface area (Å²) in [6, 6.07) is 4.10. The van der Waals surface area contributed by atoms with Gasteiger partial charge in [0.15, 0.2) is 0 Å². The predicted molar refractivity (Wildman–Crippen MR) is 71.8 cm³/mol. The number of nitro benzene ring substituents is 1. The second kappa shape index (κ2) is 4.53. The van der Waals surface area contributed by atoms with Gasteiger partial charge >= 0.3 is 0 Å². The molecule has 6 nitrogen and oxygen atoms in total. The van der Waals surface area contributed by atoms with Crippen molar-refractivity contribution in [1.29, 1.82) is 0 Å². The number of nitrogen functional groups attached to an aromatic ring is 1. The molecule has 1 aliphatic rings. The van der Waals surface area contributed by atoms with Crippen LogP contribution >= 0.6 is 0 Å². The van der Waals surface area contributed by atoms with Crippen molar-refractivity contribution < 1.29 is 9.72 Å². The Bertz CT molecular complexity index is 540. The number of carbonyl (C=O) groups is 1. The van der Waals surface area contributed by atoms with Crippen molar-refractivity contribution in [2.75, 3.05) is 18.8 Å². The maximum atomic E-state index is 12.4. The van der Waals surface area contributed by atoms with Crippen LogP contribution in [0, 0.1) is 15.5 Å². The number of hydrogen-bond acceptors (Lipinski definition) is 4. The molecule has 0 aromatic heterocycles. The van der Waals surface area contributed by atoms with E-state index in [-0.39, 0.29) is 22.6 Å². The fraction of sp³-hybridized carbons (Fsp3) is 0.462. The first-order valence-electron chi connectivity index (χ1n) is 6.13. The highest BCUT2D eigenvalue weighted by Gasteiger charge is 2.34. The molecule has 0 bridgehead atoms. The number of likely N-dealkylation sites (tertiary alicyclic amines) is 1. The summed E-state index contributed by atoms with van der Waals surface area (Å²) in [5.41, 5.74) is 5.92. The van der Waals surface area contributed by atoms with E-state index in [1.54, 1.807) is 4.90 Å². The molecule has 6 heteroatoms. The Labute approximate surface area is 111 Å². The largest absolute Gasteiger partial charge is 0.399 e. The fourth-order valence-electron chi connectivity index (χ4n) is 2.34. The normalized spacial score (nSPS) is 17.5. The lowest BCUT2D eigenvalue weighted by Gasteiger charge is -2.19. The van der Waals surface area contributed by atoms with E-state index in [2.05, 4.69) is 13.8 Å². The summed E-state index contributed by atoms with van der Waals surface area (Å²) >= 11 is 0. The molecule has 1 heterocycles. The number of nitrogens with zero attached hydrogens (tertiary/aromatic N) is 2. The number of anilines is 1. The maximum absolute atomic E-state index is 12.4. The van der Waals surface area contributed by atoms with Gasteiger partial charge in [0.05, 0.1) is 4.92 Å². The van der Waals surface area contributed by atoms with Crippen LogP contribution in [0.5, 0.6) is 0 Å². The van der Waals surface area contributed by atoms with Gasteiger partial charge < -0.3 is 10.6 Å². The van der Waals surface area contributed by atoms with E-state index in [9.17, 15) is 14.9 Å². The van der Waals surface area contributed by atoms with E-state index in [0.717, 1.165) is 6.42 Å². The Morgan fingerprint density at radius 2 is 2.16 bits per heavy atom. The topological polar surface area (TPSA) is 89.5 Å². The Morgan fingerprint density at radius 1 is 1.47 bits per heavy atom. The molecule has 1 aromatic carbocycles. The highest BCUT2D eigenvalue weighted by atomic mass is 16.6. The molecule has 0 spiro atoms. The van der Waals surface area contributed by atoms with Gasteiger partial charge in [-0.25, -0.2) is 0 Å². The molecule has 0 saturated carbocycles. The van der Waals surface area contributed by atoms with Gasteiger partial charge in [-0.15, -0.1) is 0 Å². The molecule has 2 N–H and O–H groups in total. The highest BCUT2D eigenvalue weighted by Crippen LogP contribution is 2.31. The number of rotatable bonds is 2. The molecule has 0 aliphatic carbocycles. The molecule has 1 amide bonds. The number of amides is 1. The molecule has 0 radical (unpaired) electrons. The molecule has 2 rings (SSSR count). The first-order chi connectivity index (χ1) is 8.80. The predicted octanol–water partition coefficient (Wildman–Crippen LogP) is 2.05. The standard InChI is InChI=1S/C13H17N3O3/c1-13(2)5-6-15(8-13)12(17)10-7-9(14)3-4-11(10)16(18)19/h3-4,7H,5-6,8,14H2,1-2H3. The highest BCUT2D eigenvalue weighted by molar-refractivity contribution is 5.99. The number of carbonyl (C=O) groups excluding carboxylic acids is 1. The third kappa shape index (κ3) is 2.67. The Kier molecular flexibility index (Phi) is 3.18. The van der Waals surface area contributed by atoms with Crippen LogP contribution in [0.4, 0.5) is 11.4 Å². The van der Waals surface area contributed by atoms with E-state index < -0.39 is 4.92 Å². The maximum Gasteiger partial charge on any atom is 0.282 e. The van der Waals surface area contributed by atoms with Crippen LogP contribution in [0.2, 0.25) is 0 Å². The summed E-state index contributed by atoms with van der Waals surface area (Å²) in [4.78, 5) is 24.5. The lowest BCUT2D eigenvalue weighted by Crippen LogP contribution is -2.30. The van der Waals surface area contributed by atoms with Gasteiger partial charge in [-0.2, -0.15) is 0 Å². The average Bonchev–Trinajstić information content (AvgIpc) is 2.68. The number of hydrogen-bond donors (Lipinski definition) is 1. The third-order valence-corrected chi connectivity index (χ3v) is 3.41. The minimum absolute atomic E-state index is 0.0603. The van der Waals surface area contributed by atoms with Gasteiger partial charge in [0.2, 0.25) is 0 Å². The van der Waals surface area contributed by atoms with E-state index in [0.29, 0.717) is 18.8 Å². The van der Waals surface area contributed by atoms with Crippen LogP contribution in [0.25, 0.3) is 0 Å². The van der Waals surface area contributed by atoms with Gasteiger partial charge in [0, 0.05) is 24.8 Å². The molecule has 0 atom stereocenters. The second-order valence-electron chi connectivity index (χ2n) is 5.67. The summed E-state index contributed by atoms with van der Waals surface area (Å²) in [6.45, 7) is 5.39. The van der Waals surface area contributed by atoms with E-state index in [4.69, 9.17) is 5.73 Å². The van der Waals surface area contributed by atoms with Crippen LogP contribution in [-0.2, 0) is 0 Å². The number of nitro groups is 1. The first-order valence-corrected chi connectivity index (χ1v) is 6.13. The minimum atomic E-state index is -0.548. The molecule has 1 aromatic rings. The Hall–Kier alpha value is -2.11. The zero-order valence-corrected chi connectivity index (χ0v) is 11.0. The van der Waals surface area contributed by atoms with Crippen LogP contribution in [0.3, 0.4) is 0 Å². The Morgan fingerprint density at radius 3 is 2.68 bits per heavy atom. The number of nitrogens with two attached hydrogens (primary N) is 1. The van der Waals surface area contributed by atoms with Crippen LogP contribution in [0.1, 0.15) is 30.6 Å². The SMILES string of the molecule is CC1(C)CCN(C(=O)c2cc(N)ccc2[N+](=O)[O-])C1. The molecule has 1 saturated heterocycles. The zero-order valence-electron chi connectivity index (χ0n) is 11.0. The lowest BCUT2D eigenvalue weighted by atomic mass is 9.93. The minimum Gasteiger partial charge on any atom is -0.399 e. The smallest absolute Gasteiger partial charge is 0.282 e. The van der Waals surface area contributed by atoms with Crippen molar-refractivity contribution in [2.45, 2.75) is 20.3 Å². The summed E-state index contributed by atoms with van der Waals surface area (Å²) in [5, 5.41) is 11.0. The van der Waals surface area contributed by atoms with E-state index in [1.807, 2.05) is 0 Å². The van der Waals surface area contributed by atoms with Crippen LogP contribution in [-0.4, -0.2) is 28.8 Å². The third-order valence-electron chi connectivity index (χ3n) is 3.41. The summed E-state index contributed by atoms with van der Waals surface area (Å²) in [6.07, 6.45) is 0.898. The van der Waals surface area contributed by atoms with Gasteiger partial charge in [0.1, 0.15) is 5.56 Å². The van der Waals surface area contributed by atoms with E-state index in [1.165, 1.54) is 18.2 Å². The molecule has 1 fully saturated rings. The van der Waals surface area contributed by atoms with E-state index >= 15 is 0 Å². The molecule has 1 aliphatic heterocycles. The molecule has 0 unspecified atom stereocenters. The summed E-state index contributed by atoms with van der Waals surface area (Å²) in [5.74, 6) is -0.315. The van der Waals surface area contributed by atoms with Crippen LogP contribution < -0.4 is 5.73 Å². The van der Waals surface area contributed by atoms with Gasteiger partial charge in [0.25, 0.3) is 11.6 Å². The van der Waals surface area contributed by atoms with Crippen molar-refractivity contribution in [3.63, 3.8) is 0 Å². The lowest BCUT2D eigenvalue weighted by molar-refractivity contribution is -0.385. The first kappa shape index (κ1) is 13.3. The van der Waals surface area contributed by atoms with Crippen LogP contribution in [0.15, 0.2) is 18.2 Å². The van der Waals surface area contributed by atoms with Crippen molar-refractivity contribution in [3.8, 4) is 0 Å². The number of benzene rings is 1. The zero-order chi connectivity index (χ0) is 14.2. The second-order valence-corrected chi connectivity index (χ2v) is 5.67. The summed E-state index contributed by atoms with van der Waals surface area (Å²) in [7, 11) is 0. The van der Waals surface area contributed by atoms with Crippen molar-refractivity contribution in [3.05, 3.63) is 33.9 Å². The fourth-order valence-corrected chi connectivity index (χ4v) is 2.34. The van der Waals surface area contributed by atoms with Crippen molar-refractivity contribution in [1.82, 2.24) is 4.90 Å². The quantitative estimate of drug-likeness (QED) is 0.502. The molecular formula is C13H17N3O3. The molecular weight excluding hydrogens is 246 g/mol. The molecule has 19 heavy (non-hydrogen) atoms. The van der Waals surface area contributed by atoms with Crippen molar-refractivity contribution in [2.24, 2.45) is 5.41 Å². The monoisotopic (exact) mass is 263 g/mol. The average molecular weight is 263 g/mol. The Balaban J connectivity index is 2.34. The van der Waals surface area contributed by atoms with Gasteiger partial charge in [-0.1, -0.05) is 13.8 Å². The van der Waals surface area contributed by atoms with Gasteiger partial charge in [-0.05, 0) is 24.0 Å². The van der Waals surface area contributed by atoms with Gasteiger partial charge in [-0.3, -0.25) is 14.9 Å².